The number of aliphatic hydroxyl groups excluding tert-OH is 1. The number of likely N-dealkylation sites (tertiary alicyclic amines) is 1. The molecule has 0 bridgehead atoms. The number of ether oxygens (including phenoxy) is 2. The second kappa shape index (κ2) is 8.86. The summed E-state index contributed by atoms with van der Waals surface area (Å²) in [6, 6.07) is 10.7. The van der Waals surface area contributed by atoms with Crippen LogP contribution in [0.4, 0.5) is 0 Å². The molecule has 2 aromatic carbocycles. The predicted octanol–water partition coefficient (Wildman–Crippen LogP) is 4.07. The lowest BCUT2D eigenvalue weighted by molar-refractivity contribution is -0.140. The fourth-order valence-corrected chi connectivity index (χ4v) is 3.56. The summed E-state index contributed by atoms with van der Waals surface area (Å²) >= 11 is 12.0. The van der Waals surface area contributed by atoms with Crippen molar-refractivity contribution in [1.82, 2.24) is 4.90 Å². The van der Waals surface area contributed by atoms with Crippen LogP contribution >= 0.6 is 23.2 Å². The van der Waals surface area contributed by atoms with E-state index in [-0.39, 0.29) is 35.1 Å². The summed E-state index contributed by atoms with van der Waals surface area (Å²) in [6.45, 7) is 0.418. The van der Waals surface area contributed by atoms with Gasteiger partial charge in [0.25, 0.3) is 11.7 Å². The van der Waals surface area contributed by atoms with Gasteiger partial charge in [-0.2, -0.15) is 0 Å². The normalized spacial score (nSPS) is 18.3. The summed E-state index contributed by atoms with van der Waals surface area (Å²) in [5, 5.41) is 11.5. The molecule has 3 rings (SSSR count). The number of hydrogen-bond donors (Lipinski definition) is 1. The molecule has 0 aromatic heterocycles. The zero-order chi connectivity index (χ0) is 21.1. The number of halogens is 2. The molecule has 2 aromatic rings. The number of Topliss-reactive ketones (excluding diaryl/α,β-unsaturated/α-hetero) is 1. The van der Waals surface area contributed by atoms with Crippen molar-refractivity contribution in [3.8, 4) is 5.75 Å². The molecule has 0 radical (unpaired) electrons. The Balaban J connectivity index is 2.19. The zero-order valence-corrected chi connectivity index (χ0v) is 17.3. The second-order valence-electron chi connectivity index (χ2n) is 6.39. The van der Waals surface area contributed by atoms with Gasteiger partial charge in [0.05, 0.1) is 35.4 Å². The molecular weight excluding hydrogens is 417 g/mol. The van der Waals surface area contributed by atoms with Crippen LogP contribution in [0.5, 0.6) is 5.75 Å². The molecule has 1 amide bonds. The highest BCUT2D eigenvalue weighted by molar-refractivity contribution is 6.46. The fourth-order valence-electron chi connectivity index (χ4n) is 3.26. The number of hydrogen-bond acceptors (Lipinski definition) is 5. The van der Waals surface area contributed by atoms with Crippen molar-refractivity contribution < 1.29 is 24.2 Å². The minimum atomic E-state index is -0.797. The van der Waals surface area contributed by atoms with Crippen molar-refractivity contribution in [3.05, 3.63) is 69.2 Å². The van der Waals surface area contributed by atoms with Crippen LogP contribution in [-0.4, -0.2) is 49.1 Å². The number of ketones is 1. The van der Waals surface area contributed by atoms with Crippen LogP contribution in [0.25, 0.3) is 5.76 Å². The van der Waals surface area contributed by atoms with Crippen LogP contribution in [0.15, 0.2) is 48.0 Å². The average molecular weight is 436 g/mol. The quantitative estimate of drug-likeness (QED) is 0.420. The minimum absolute atomic E-state index is 0.0299. The van der Waals surface area contributed by atoms with Crippen LogP contribution in [0.2, 0.25) is 10.0 Å². The topological polar surface area (TPSA) is 76.1 Å². The lowest BCUT2D eigenvalue weighted by atomic mass is 9.95. The Morgan fingerprint density at radius 3 is 2.52 bits per heavy atom. The highest BCUT2D eigenvalue weighted by Crippen LogP contribution is 2.40. The molecule has 1 saturated heterocycles. The number of benzene rings is 2. The molecular formula is C21H19Cl2NO5. The highest BCUT2D eigenvalue weighted by Gasteiger charge is 2.46. The summed E-state index contributed by atoms with van der Waals surface area (Å²) in [5.41, 5.74) is 0.885. The third-order valence-electron chi connectivity index (χ3n) is 4.68. The van der Waals surface area contributed by atoms with Gasteiger partial charge in [-0.05, 0) is 35.9 Å². The van der Waals surface area contributed by atoms with E-state index in [1.54, 1.807) is 24.3 Å². The van der Waals surface area contributed by atoms with Gasteiger partial charge >= 0.3 is 0 Å². The van der Waals surface area contributed by atoms with Crippen molar-refractivity contribution in [3.63, 3.8) is 0 Å². The van der Waals surface area contributed by atoms with Gasteiger partial charge in [-0.25, -0.2) is 0 Å². The number of rotatable bonds is 6. The largest absolute Gasteiger partial charge is 0.507 e. The Morgan fingerprint density at radius 1 is 1.10 bits per heavy atom. The Hall–Kier alpha value is -2.54. The fraction of sp³-hybridized carbons (Fsp3) is 0.238. The van der Waals surface area contributed by atoms with Gasteiger partial charge in [-0.15, -0.1) is 0 Å². The molecule has 152 valence electrons. The Bertz CT molecular complexity index is 989. The van der Waals surface area contributed by atoms with Crippen molar-refractivity contribution in [2.24, 2.45) is 0 Å². The van der Waals surface area contributed by atoms with E-state index in [0.29, 0.717) is 16.3 Å². The summed E-state index contributed by atoms with van der Waals surface area (Å²) in [5.74, 6) is -1.25. The molecule has 0 saturated carbocycles. The predicted molar refractivity (Wildman–Crippen MR) is 110 cm³/mol. The molecule has 8 heteroatoms. The maximum Gasteiger partial charge on any atom is 0.295 e. The van der Waals surface area contributed by atoms with E-state index in [4.69, 9.17) is 32.7 Å². The number of aliphatic hydroxyl groups is 1. The molecule has 29 heavy (non-hydrogen) atoms. The molecule has 1 fully saturated rings. The number of methoxy groups -OCH3 is 2. The third kappa shape index (κ3) is 4.10. The van der Waals surface area contributed by atoms with Gasteiger partial charge in [-0.3, -0.25) is 9.59 Å². The van der Waals surface area contributed by atoms with Crippen molar-refractivity contribution in [2.45, 2.75) is 6.04 Å². The van der Waals surface area contributed by atoms with Gasteiger partial charge in [0.2, 0.25) is 0 Å². The smallest absolute Gasteiger partial charge is 0.295 e. The van der Waals surface area contributed by atoms with E-state index in [2.05, 4.69) is 0 Å². The van der Waals surface area contributed by atoms with Crippen LogP contribution in [0, 0.1) is 0 Å². The number of amides is 1. The lowest BCUT2D eigenvalue weighted by Crippen LogP contribution is -2.32. The molecule has 1 aliphatic rings. The molecule has 0 spiro atoms. The first kappa shape index (κ1) is 21.2. The first-order chi connectivity index (χ1) is 13.9. The molecule has 1 unspecified atom stereocenters. The summed E-state index contributed by atoms with van der Waals surface area (Å²) in [7, 11) is 3.03. The van der Waals surface area contributed by atoms with E-state index in [1.165, 1.54) is 37.3 Å². The highest BCUT2D eigenvalue weighted by atomic mass is 35.5. The molecule has 6 nitrogen and oxygen atoms in total. The Labute approximate surface area is 178 Å². The van der Waals surface area contributed by atoms with Gasteiger partial charge in [-0.1, -0.05) is 35.3 Å². The SMILES string of the molecule is COCCN1C(=O)C(=O)/C(=C(\O)c2ccc(Cl)c(Cl)c2)C1c1cccc(OC)c1. The standard InChI is InChI=1S/C21H19Cl2NO5/c1-28-9-8-24-18(12-4-3-5-14(10-12)29-2)17(20(26)21(24)27)19(25)13-6-7-15(22)16(23)11-13/h3-7,10-11,18,25H,8-9H2,1-2H3/b19-17-. The lowest BCUT2D eigenvalue weighted by Gasteiger charge is -2.25. The van der Waals surface area contributed by atoms with Crippen LogP contribution < -0.4 is 4.74 Å². The molecule has 1 aliphatic heterocycles. The number of nitrogens with zero attached hydrogens (tertiary/aromatic N) is 1. The maximum atomic E-state index is 12.8. The summed E-state index contributed by atoms with van der Waals surface area (Å²) in [6.07, 6.45) is 0. The van der Waals surface area contributed by atoms with E-state index in [1.807, 2.05) is 0 Å². The maximum absolute atomic E-state index is 12.8. The zero-order valence-electron chi connectivity index (χ0n) is 15.8. The van der Waals surface area contributed by atoms with Gasteiger partial charge < -0.3 is 19.5 Å². The molecule has 1 N–H and O–H groups in total. The molecule has 0 aliphatic carbocycles. The van der Waals surface area contributed by atoms with E-state index >= 15 is 0 Å². The second-order valence-corrected chi connectivity index (χ2v) is 7.21. The van der Waals surface area contributed by atoms with Crippen LogP contribution in [-0.2, 0) is 14.3 Å². The minimum Gasteiger partial charge on any atom is -0.507 e. The van der Waals surface area contributed by atoms with Crippen molar-refractivity contribution in [1.29, 1.82) is 0 Å². The van der Waals surface area contributed by atoms with E-state index in [9.17, 15) is 14.7 Å². The number of carbonyl (C=O) groups is 2. The molecule has 1 atom stereocenters. The van der Waals surface area contributed by atoms with Crippen molar-refractivity contribution in [2.75, 3.05) is 27.4 Å². The monoisotopic (exact) mass is 435 g/mol. The van der Waals surface area contributed by atoms with Crippen molar-refractivity contribution >= 4 is 40.7 Å². The summed E-state index contributed by atoms with van der Waals surface area (Å²) < 4.78 is 10.4. The van der Waals surface area contributed by atoms with Crippen LogP contribution in [0.1, 0.15) is 17.2 Å². The Kier molecular flexibility index (Phi) is 6.47. The first-order valence-electron chi connectivity index (χ1n) is 8.75. The van der Waals surface area contributed by atoms with Gasteiger partial charge in [0.1, 0.15) is 11.5 Å². The van der Waals surface area contributed by atoms with Gasteiger partial charge in [0, 0.05) is 19.2 Å². The Morgan fingerprint density at radius 2 is 1.86 bits per heavy atom. The first-order valence-corrected chi connectivity index (χ1v) is 9.51. The van der Waals surface area contributed by atoms with Gasteiger partial charge in [0.15, 0.2) is 0 Å². The van der Waals surface area contributed by atoms with E-state index < -0.39 is 17.7 Å². The number of carbonyl (C=O) groups excluding carboxylic acids is 2. The van der Waals surface area contributed by atoms with Crippen LogP contribution in [0.3, 0.4) is 0 Å². The summed E-state index contributed by atoms with van der Waals surface area (Å²) in [4.78, 5) is 26.9. The molecule has 1 heterocycles. The average Bonchev–Trinajstić information content (AvgIpc) is 2.98. The third-order valence-corrected chi connectivity index (χ3v) is 5.42. The van der Waals surface area contributed by atoms with E-state index in [0.717, 1.165) is 0 Å².